The van der Waals surface area contributed by atoms with Crippen molar-refractivity contribution in [1.29, 1.82) is 0 Å². The van der Waals surface area contributed by atoms with Gasteiger partial charge in [-0.2, -0.15) is 0 Å². The highest BCUT2D eigenvalue weighted by molar-refractivity contribution is 7.80. The zero-order valence-corrected chi connectivity index (χ0v) is 14.3. The second-order valence-corrected chi connectivity index (χ2v) is 7.43. The average Bonchev–Trinajstić information content (AvgIpc) is 2.93. The van der Waals surface area contributed by atoms with Crippen LogP contribution >= 0.6 is 12.2 Å². The topological polar surface area (TPSA) is 39.8 Å². The van der Waals surface area contributed by atoms with Gasteiger partial charge in [0.2, 0.25) is 0 Å². The second kappa shape index (κ2) is 6.52. The molecule has 4 heteroatoms. The van der Waals surface area contributed by atoms with Crippen molar-refractivity contribution in [3.63, 3.8) is 0 Å². The lowest BCUT2D eigenvalue weighted by atomic mass is 9.92. The molecule has 0 saturated heterocycles. The number of thiocarbonyl (C=S) groups is 1. The Bertz CT molecular complexity index is 700. The van der Waals surface area contributed by atoms with Crippen LogP contribution in [0.15, 0.2) is 24.3 Å². The van der Waals surface area contributed by atoms with Crippen molar-refractivity contribution < 1.29 is 0 Å². The molecule has 0 spiro atoms. The molecule has 122 valence electrons. The van der Waals surface area contributed by atoms with Gasteiger partial charge >= 0.3 is 0 Å². The summed E-state index contributed by atoms with van der Waals surface area (Å²) < 4.78 is 0. The van der Waals surface area contributed by atoms with Crippen molar-refractivity contribution in [3.8, 4) is 0 Å². The minimum Gasteiger partial charge on any atom is -0.360 e. The number of hydrogen-bond acceptors (Lipinski definition) is 1. The number of fused-ring (bicyclic) bond motifs is 3. The number of H-pyrrole nitrogens is 1. The number of aromatic nitrogens is 1. The van der Waals surface area contributed by atoms with E-state index in [9.17, 15) is 0 Å². The number of aromatic amines is 1. The highest BCUT2D eigenvalue weighted by Crippen LogP contribution is 2.29. The first kappa shape index (κ1) is 15.0. The zero-order chi connectivity index (χ0) is 15.6. The van der Waals surface area contributed by atoms with E-state index in [-0.39, 0.29) is 0 Å². The molecule has 1 saturated carbocycles. The van der Waals surface area contributed by atoms with Crippen LogP contribution in [-0.2, 0) is 12.8 Å². The van der Waals surface area contributed by atoms with Gasteiger partial charge in [-0.25, -0.2) is 0 Å². The monoisotopic (exact) mass is 327 g/mol. The highest BCUT2D eigenvalue weighted by atomic mass is 32.1. The van der Waals surface area contributed by atoms with Crippen molar-refractivity contribution >= 4 is 28.2 Å². The van der Waals surface area contributed by atoms with E-state index in [0.29, 0.717) is 12.1 Å². The number of para-hydroxylation sites is 1. The summed E-state index contributed by atoms with van der Waals surface area (Å²) in [6, 6.07) is 9.65. The lowest BCUT2D eigenvalue weighted by molar-refractivity contribution is 0.408. The van der Waals surface area contributed by atoms with Gasteiger partial charge in [-0.15, -0.1) is 0 Å². The van der Waals surface area contributed by atoms with Gasteiger partial charge in [0, 0.05) is 35.1 Å². The highest BCUT2D eigenvalue weighted by Gasteiger charge is 2.23. The first-order chi connectivity index (χ1) is 11.3. The summed E-state index contributed by atoms with van der Waals surface area (Å²) in [5.41, 5.74) is 4.15. The fourth-order valence-corrected chi connectivity index (χ4v) is 4.50. The summed E-state index contributed by atoms with van der Waals surface area (Å²) in [5.74, 6) is 0. The van der Waals surface area contributed by atoms with Crippen LogP contribution in [0.1, 0.15) is 49.8 Å². The van der Waals surface area contributed by atoms with Gasteiger partial charge in [0.1, 0.15) is 0 Å². The van der Waals surface area contributed by atoms with Crippen LogP contribution < -0.4 is 10.6 Å². The van der Waals surface area contributed by atoms with Gasteiger partial charge < -0.3 is 15.6 Å². The molecule has 3 nitrogen and oxygen atoms in total. The average molecular weight is 327 g/mol. The van der Waals surface area contributed by atoms with E-state index in [2.05, 4.69) is 39.9 Å². The second-order valence-electron chi connectivity index (χ2n) is 7.02. The predicted octanol–water partition coefficient (Wildman–Crippen LogP) is 3.82. The smallest absolute Gasteiger partial charge is 0.166 e. The molecule has 3 N–H and O–H groups in total. The zero-order valence-electron chi connectivity index (χ0n) is 13.5. The number of rotatable bonds is 2. The van der Waals surface area contributed by atoms with Crippen LogP contribution in [0.25, 0.3) is 10.9 Å². The van der Waals surface area contributed by atoms with E-state index in [1.54, 1.807) is 0 Å². The summed E-state index contributed by atoms with van der Waals surface area (Å²) in [6.07, 6.45) is 9.90. The standard InChI is InChI=1S/C19H25N3S/c23-19(20-13-6-2-1-3-7-13)21-14-10-11-16-15-8-4-5-9-17(15)22-18(16)12-14/h4-5,8-9,13-14,22H,1-3,6-7,10-12H2,(H2,20,21,23). The van der Waals surface area contributed by atoms with Crippen molar-refractivity contribution in [1.82, 2.24) is 15.6 Å². The third-order valence-corrected chi connectivity index (χ3v) is 5.61. The minimum atomic E-state index is 0.444. The summed E-state index contributed by atoms with van der Waals surface area (Å²) in [7, 11) is 0. The molecule has 1 heterocycles. The summed E-state index contributed by atoms with van der Waals surface area (Å²) in [4.78, 5) is 3.60. The Balaban J connectivity index is 1.39. The number of hydrogen-bond donors (Lipinski definition) is 3. The van der Waals surface area contributed by atoms with Gasteiger partial charge in [-0.1, -0.05) is 37.5 Å². The van der Waals surface area contributed by atoms with Gasteiger partial charge in [-0.3, -0.25) is 0 Å². The van der Waals surface area contributed by atoms with Crippen molar-refractivity contribution in [2.45, 2.75) is 63.5 Å². The van der Waals surface area contributed by atoms with Crippen molar-refractivity contribution in [3.05, 3.63) is 35.5 Å². The Morgan fingerprint density at radius 3 is 2.65 bits per heavy atom. The molecule has 0 aliphatic heterocycles. The fourth-order valence-electron chi connectivity index (χ4n) is 4.17. The van der Waals surface area contributed by atoms with E-state index in [1.165, 1.54) is 54.3 Å². The van der Waals surface area contributed by atoms with Crippen molar-refractivity contribution in [2.75, 3.05) is 0 Å². The molecule has 1 aromatic carbocycles. The molecule has 1 aromatic heterocycles. The molecule has 1 atom stereocenters. The van der Waals surface area contributed by atoms with Crippen molar-refractivity contribution in [2.24, 2.45) is 0 Å². The predicted molar refractivity (Wildman–Crippen MR) is 99.9 cm³/mol. The number of aryl methyl sites for hydroxylation is 1. The molecule has 23 heavy (non-hydrogen) atoms. The molecule has 2 aliphatic carbocycles. The molecule has 0 amide bonds. The van der Waals surface area contributed by atoms with E-state index < -0.39 is 0 Å². The maximum absolute atomic E-state index is 5.55. The lowest BCUT2D eigenvalue weighted by Gasteiger charge is -2.28. The van der Waals surface area contributed by atoms with E-state index in [1.807, 2.05) is 0 Å². The third kappa shape index (κ3) is 3.23. The first-order valence-corrected chi connectivity index (χ1v) is 9.36. The molecule has 1 fully saturated rings. The first-order valence-electron chi connectivity index (χ1n) is 8.95. The molecule has 0 bridgehead atoms. The molecule has 2 aromatic rings. The van der Waals surface area contributed by atoms with E-state index in [4.69, 9.17) is 12.2 Å². The normalized spacial score (nSPS) is 21.8. The molecular weight excluding hydrogens is 302 g/mol. The van der Waals surface area contributed by atoms with E-state index in [0.717, 1.165) is 24.4 Å². The Morgan fingerprint density at radius 1 is 1.00 bits per heavy atom. The largest absolute Gasteiger partial charge is 0.360 e. The van der Waals surface area contributed by atoms with E-state index >= 15 is 0 Å². The maximum atomic E-state index is 5.55. The van der Waals surface area contributed by atoms with Crippen LogP contribution in [0.2, 0.25) is 0 Å². The van der Waals surface area contributed by atoms with Crippen LogP contribution in [-0.4, -0.2) is 22.2 Å². The van der Waals surface area contributed by atoms with Crippen LogP contribution in [0.3, 0.4) is 0 Å². The Hall–Kier alpha value is -1.55. The molecular formula is C19H25N3S. The Labute approximate surface area is 143 Å². The summed E-state index contributed by atoms with van der Waals surface area (Å²) >= 11 is 5.55. The number of benzene rings is 1. The Morgan fingerprint density at radius 2 is 1.78 bits per heavy atom. The summed E-state index contributed by atoms with van der Waals surface area (Å²) in [6.45, 7) is 0. The van der Waals surface area contributed by atoms with Crippen LogP contribution in [0.4, 0.5) is 0 Å². The summed E-state index contributed by atoms with van der Waals surface area (Å²) in [5, 5.41) is 9.32. The number of nitrogens with one attached hydrogen (secondary N) is 3. The molecule has 1 unspecified atom stereocenters. The molecule has 0 radical (unpaired) electrons. The van der Waals surface area contributed by atoms with Gasteiger partial charge in [0.25, 0.3) is 0 Å². The lowest BCUT2D eigenvalue weighted by Crippen LogP contribution is -2.48. The quantitative estimate of drug-likeness (QED) is 0.734. The Kier molecular flexibility index (Phi) is 4.25. The van der Waals surface area contributed by atoms with Gasteiger partial charge in [0.15, 0.2) is 5.11 Å². The maximum Gasteiger partial charge on any atom is 0.166 e. The molecule has 2 aliphatic rings. The van der Waals surface area contributed by atoms with Gasteiger partial charge in [0.05, 0.1) is 0 Å². The minimum absolute atomic E-state index is 0.444. The van der Waals surface area contributed by atoms with Crippen LogP contribution in [0, 0.1) is 0 Å². The molecule has 4 rings (SSSR count). The fraction of sp³-hybridized carbons (Fsp3) is 0.526. The third-order valence-electron chi connectivity index (χ3n) is 5.37. The van der Waals surface area contributed by atoms with Gasteiger partial charge in [-0.05, 0) is 49.5 Å². The SMILES string of the molecule is S=C(NC1CCCCC1)NC1CCc2c([nH]c3ccccc23)C1. The van der Waals surface area contributed by atoms with Crippen LogP contribution in [0.5, 0.6) is 0 Å².